The van der Waals surface area contributed by atoms with E-state index in [0.29, 0.717) is 12.0 Å². The van der Waals surface area contributed by atoms with Gasteiger partial charge >= 0.3 is 0 Å². The summed E-state index contributed by atoms with van der Waals surface area (Å²) in [5, 5.41) is 14.0. The molecule has 1 N–H and O–H groups in total. The number of aromatic nitrogens is 2. The monoisotopic (exact) mass is 237 g/mol. The molecular weight excluding hydrogens is 214 g/mol. The Morgan fingerprint density at radius 3 is 2.59 bits per heavy atom. The second kappa shape index (κ2) is 4.69. The highest BCUT2D eigenvalue weighted by atomic mass is 16.3. The summed E-state index contributed by atoms with van der Waals surface area (Å²) in [5.41, 5.74) is 1.93. The van der Waals surface area contributed by atoms with Gasteiger partial charge < -0.3 is 10.0 Å². The Hall–Kier alpha value is -1.03. The summed E-state index contributed by atoms with van der Waals surface area (Å²) in [7, 11) is 1.97. The number of hydrogen-bond acceptors (Lipinski definition) is 3. The number of aryl methyl sites for hydroxylation is 2. The zero-order valence-electron chi connectivity index (χ0n) is 11.3. The number of hydrogen-bond donors (Lipinski definition) is 1. The number of anilines is 1. The van der Waals surface area contributed by atoms with Crippen LogP contribution in [0.1, 0.15) is 37.9 Å². The second-order valence-corrected chi connectivity index (χ2v) is 5.45. The summed E-state index contributed by atoms with van der Waals surface area (Å²) < 4.78 is 1.92. The Morgan fingerprint density at radius 1 is 1.47 bits per heavy atom. The molecule has 4 heteroatoms. The van der Waals surface area contributed by atoms with E-state index in [1.54, 1.807) is 0 Å². The van der Waals surface area contributed by atoms with Crippen molar-refractivity contribution in [1.82, 2.24) is 9.78 Å². The van der Waals surface area contributed by atoms with Crippen molar-refractivity contribution >= 4 is 5.82 Å². The van der Waals surface area contributed by atoms with Crippen LogP contribution in [0.2, 0.25) is 0 Å². The number of aliphatic hydroxyl groups excluding tert-OH is 1. The second-order valence-electron chi connectivity index (χ2n) is 5.45. The van der Waals surface area contributed by atoms with Crippen molar-refractivity contribution in [2.45, 2.75) is 46.3 Å². The molecule has 1 aliphatic rings. The molecule has 2 rings (SSSR count). The predicted octanol–water partition coefficient (Wildman–Crippen LogP) is 1.85. The van der Waals surface area contributed by atoms with Crippen LogP contribution in [0.15, 0.2) is 0 Å². The van der Waals surface area contributed by atoms with Crippen molar-refractivity contribution < 1.29 is 5.11 Å². The minimum absolute atomic E-state index is 0.0797. The molecule has 1 heterocycles. The van der Waals surface area contributed by atoms with E-state index in [9.17, 15) is 5.11 Å². The van der Waals surface area contributed by atoms with Crippen LogP contribution in [0.3, 0.4) is 0 Å². The normalized spacial score (nSPS) is 15.6. The lowest BCUT2D eigenvalue weighted by Gasteiger charge is -2.27. The molecule has 0 bridgehead atoms. The van der Waals surface area contributed by atoms with Gasteiger partial charge in [0.2, 0.25) is 0 Å². The fraction of sp³-hybridized carbons (Fsp3) is 0.769. The maximum atomic E-state index is 9.52. The molecule has 0 aliphatic heterocycles. The van der Waals surface area contributed by atoms with E-state index in [4.69, 9.17) is 0 Å². The number of aliphatic hydroxyl groups is 1. The summed E-state index contributed by atoms with van der Waals surface area (Å²) in [4.78, 5) is 2.43. The van der Waals surface area contributed by atoms with Crippen molar-refractivity contribution in [2.24, 2.45) is 13.0 Å². The lowest BCUT2D eigenvalue weighted by atomic mass is 10.1. The summed E-state index contributed by atoms with van der Waals surface area (Å²) >= 11 is 0. The molecule has 96 valence electrons. The predicted molar refractivity (Wildman–Crippen MR) is 69.1 cm³/mol. The van der Waals surface area contributed by atoms with Crippen molar-refractivity contribution in [3.63, 3.8) is 0 Å². The SMILES string of the molecule is Cc1nn(C)c(N(CC(C)C)C2CC2)c1CO. The van der Waals surface area contributed by atoms with Crippen molar-refractivity contribution in [3.8, 4) is 0 Å². The molecule has 0 spiro atoms. The van der Waals surface area contributed by atoms with Gasteiger partial charge in [-0.25, -0.2) is 0 Å². The third-order valence-electron chi connectivity index (χ3n) is 3.29. The molecule has 0 saturated heterocycles. The summed E-state index contributed by atoms with van der Waals surface area (Å²) in [6.45, 7) is 7.55. The van der Waals surface area contributed by atoms with Crippen LogP contribution in [-0.2, 0) is 13.7 Å². The van der Waals surface area contributed by atoms with Crippen LogP contribution in [-0.4, -0.2) is 27.5 Å². The van der Waals surface area contributed by atoms with Crippen LogP contribution in [0.4, 0.5) is 5.82 Å². The largest absolute Gasteiger partial charge is 0.391 e. The van der Waals surface area contributed by atoms with Gasteiger partial charge in [0.05, 0.1) is 12.3 Å². The third kappa shape index (κ3) is 2.46. The summed E-state index contributed by atoms with van der Waals surface area (Å²) in [6.07, 6.45) is 2.53. The Kier molecular flexibility index (Phi) is 3.43. The van der Waals surface area contributed by atoms with Gasteiger partial charge in [-0.2, -0.15) is 5.10 Å². The minimum Gasteiger partial charge on any atom is -0.391 e. The van der Waals surface area contributed by atoms with Crippen molar-refractivity contribution in [1.29, 1.82) is 0 Å². The van der Waals surface area contributed by atoms with Gasteiger partial charge in [-0.05, 0) is 25.7 Å². The quantitative estimate of drug-likeness (QED) is 0.849. The van der Waals surface area contributed by atoms with Gasteiger partial charge in [0.25, 0.3) is 0 Å². The van der Waals surface area contributed by atoms with E-state index in [0.717, 1.165) is 23.6 Å². The van der Waals surface area contributed by atoms with Crippen LogP contribution in [0.25, 0.3) is 0 Å². The smallest absolute Gasteiger partial charge is 0.132 e. The van der Waals surface area contributed by atoms with Gasteiger partial charge in [-0.15, -0.1) is 0 Å². The molecule has 4 nitrogen and oxygen atoms in total. The van der Waals surface area contributed by atoms with Crippen LogP contribution in [0.5, 0.6) is 0 Å². The summed E-state index contributed by atoms with van der Waals surface area (Å²) in [6, 6.07) is 0.650. The van der Waals surface area contributed by atoms with E-state index in [-0.39, 0.29) is 6.61 Å². The minimum atomic E-state index is 0.0797. The molecule has 17 heavy (non-hydrogen) atoms. The maximum Gasteiger partial charge on any atom is 0.132 e. The molecule has 0 aromatic carbocycles. The Labute approximate surface area is 103 Å². The van der Waals surface area contributed by atoms with Gasteiger partial charge in [0, 0.05) is 25.2 Å². The summed E-state index contributed by atoms with van der Waals surface area (Å²) in [5.74, 6) is 1.73. The molecule has 0 radical (unpaired) electrons. The average molecular weight is 237 g/mol. The van der Waals surface area contributed by atoms with E-state index in [1.165, 1.54) is 12.8 Å². The fourth-order valence-corrected chi connectivity index (χ4v) is 2.42. The molecule has 1 fully saturated rings. The molecular formula is C13H23N3O. The first-order valence-electron chi connectivity index (χ1n) is 6.44. The highest BCUT2D eigenvalue weighted by Crippen LogP contribution is 2.35. The van der Waals surface area contributed by atoms with Gasteiger partial charge in [0.1, 0.15) is 5.82 Å². The molecule has 0 atom stereocenters. The Balaban J connectivity index is 2.34. The van der Waals surface area contributed by atoms with E-state index >= 15 is 0 Å². The zero-order valence-corrected chi connectivity index (χ0v) is 11.3. The molecule has 1 aliphatic carbocycles. The third-order valence-corrected chi connectivity index (χ3v) is 3.29. The van der Waals surface area contributed by atoms with Gasteiger partial charge in [-0.1, -0.05) is 13.8 Å². The molecule has 0 amide bonds. The van der Waals surface area contributed by atoms with E-state index < -0.39 is 0 Å². The fourth-order valence-electron chi connectivity index (χ4n) is 2.42. The van der Waals surface area contributed by atoms with Gasteiger partial charge in [-0.3, -0.25) is 4.68 Å². The first-order chi connectivity index (χ1) is 8.04. The average Bonchev–Trinajstić information content (AvgIpc) is 3.01. The van der Waals surface area contributed by atoms with Crippen molar-refractivity contribution in [2.75, 3.05) is 11.4 Å². The van der Waals surface area contributed by atoms with Crippen molar-refractivity contribution in [3.05, 3.63) is 11.3 Å². The zero-order chi connectivity index (χ0) is 12.6. The van der Waals surface area contributed by atoms with Crippen LogP contribution in [0, 0.1) is 12.8 Å². The van der Waals surface area contributed by atoms with Gasteiger partial charge in [0.15, 0.2) is 0 Å². The number of rotatable bonds is 5. The number of nitrogens with zero attached hydrogens (tertiary/aromatic N) is 3. The Bertz CT molecular complexity index is 394. The molecule has 1 aromatic rings. The highest BCUT2D eigenvalue weighted by Gasteiger charge is 2.33. The first kappa shape index (κ1) is 12.4. The molecule has 0 unspecified atom stereocenters. The first-order valence-corrected chi connectivity index (χ1v) is 6.44. The molecule has 1 saturated carbocycles. The maximum absolute atomic E-state index is 9.52. The highest BCUT2D eigenvalue weighted by molar-refractivity contribution is 5.51. The van der Waals surface area contributed by atoms with Crippen LogP contribution < -0.4 is 4.90 Å². The lowest BCUT2D eigenvalue weighted by Crippen LogP contribution is -2.32. The van der Waals surface area contributed by atoms with Crippen LogP contribution >= 0.6 is 0 Å². The Morgan fingerprint density at radius 2 is 2.12 bits per heavy atom. The van der Waals surface area contributed by atoms with E-state index in [1.807, 2.05) is 18.7 Å². The molecule has 1 aromatic heterocycles. The standard InChI is InChI=1S/C13H23N3O/c1-9(2)7-16(11-5-6-11)13-12(8-17)10(3)14-15(13)4/h9,11,17H,5-8H2,1-4H3. The van der Waals surface area contributed by atoms with E-state index in [2.05, 4.69) is 23.8 Å². The topological polar surface area (TPSA) is 41.3 Å². The lowest BCUT2D eigenvalue weighted by molar-refractivity contribution is 0.281.